The van der Waals surface area contributed by atoms with E-state index in [1.807, 2.05) is 12.1 Å². The van der Waals surface area contributed by atoms with E-state index >= 15 is 0 Å². The third kappa shape index (κ3) is 1.93. The molecule has 2 atom stereocenters. The van der Waals surface area contributed by atoms with Crippen LogP contribution in [0.1, 0.15) is 46.7 Å². The van der Waals surface area contributed by atoms with Gasteiger partial charge in [0, 0.05) is 6.04 Å². The zero-order valence-electron chi connectivity index (χ0n) is 10.7. The predicted molar refractivity (Wildman–Crippen MR) is 69.9 cm³/mol. The van der Waals surface area contributed by atoms with Crippen molar-refractivity contribution >= 4 is 5.97 Å². The number of ether oxygens (including phenoxy) is 1. The van der Waals surface area contributed by atoms with Gasteiger partial charge in [-0.1, -0.05) is 6.07 Å². The minimum absolute atomic E-state index is 0.235. The summed E-state index contributed by atoms with van der Waals surface area (Å²) in [4.78, 5) is 11.5. The molecule has 3 heteroatoms. The summed E-state index contributed by atoms with van der Waals surface area (Å²) >= 11 is 0. The molecule has 1 N–H and O–H groups in total. The Morgan fingerprint density at radius 1 is 1.39 bits per heavy atom. The van der Waals surface area contributed by atoms with Crippen molar-refractivity contribution < 1.29 is 9.53 Å². The Kier molecular flexibility index (Phi) is 3.08. The number of fused-ring (bicyclic) bond motifs is 3. The molecule has 0 radical (unpaired) electrons. The van der Waals surface area contributed by atoms with Crippen LogP contribution in [0.15, 0.2) is 18.2 Å². The number of methoxy groups -OCH3 is 1. The first-order valence-electron chi connectivity index (χ1n) is 6.74. The molecule has 1 aromatic carbocycles. The molecule has 0 amide bonds. The van der Waals surface area contributed by atoms with Crippen LogP contribution < -0.4 is 5.32 Å². The second-order valence-electron chi connectivity index (χ2n) is 5.25. The maximum Gasteiger partial charge on any atom is 0.337 e. The zero-order valence-corrected chi connectivity index (χ0v) is 10.7. The van der Waals surface area contributed by atoms with Crippen molar-refractivity contribution in [2.75, 3.05) is 13.7 Å². The highest BCUT2D eigenvalue weighted by molar-refractivity contribution is 5.89. The van der Waals surface area contributed by atoms with Crippen molar-refractivity contribution in [2.45, 2.75) is 37.6 Å². The molecule has 1 aromatic rings. The van der Waals surface area contributed by atoms with Crippen LogP contribution in [-0.4, -0.2) is 25.7 Å². The molecular weight excluding hydrogens is 226 g/mol. The molecular formula is C15H19NO2. The molecule has 0 unspecified atom stereocenters. The highest BCUT2D eigenvalue weighted by Crippen LogP contribution is 2.37. The van der Waals surface area contributed by atoms with Crippen molar-refractivity contribution in [3.63, 3.8) is 0 Å². The van der Waals surface area contributed by atoms with Crippen LogP contribution >= 0.6 is 0 Å². The molecule has 1 saturated heterocycles. The largest absolute Gasteiger partial charge is 0.465 e. The van der Waals surface area contributed by atoms with E-state index in [1.165, 1.54) is 37.5 Å². The van der Waals surface area contributed by atoms with Crippen LogP contribution in [0.2, 0.25) is 0 Å². The monoisotopic (exact) mass is 245 g/mol. The van der Waals surface area contributed by atoms with Gasteiger partial charge in [-0.3, -0.25) is 0 Å². The van der Waals surface area contributed by atoms with E-state index < -0.39 is 0 Å². The van der Waals surface area contributed by atoms with E-state index in [0.29, 0.717) is 17.5 Å². The van der Waals surface area contributed by atoms with Gasteiger partial charge in [0.1, 0.15) is 0 Å². The standard InChI is InChI=1S/C15H19NO2/c1-18-15(17)11-4-6-12-10(9-11)5-7-14-13(12)3-2-8-16-14/h4,6,9,13-14,16H,2-3,5,7-8H2,1H3/t13-,14+/m1/s1. The number of nitrogens with one attached hydrogen (secondary N) is 1. The Hall–Kier alpha value is -1.35. The highest BCUT2D eigenvalue weighted by atomic mass is 16.5. The summed E-state index contributed by atoms with van der Waals surface area (Å²) in [6.07, 6.45) is 4.76. The lowest BCUT2D eigenvalue weighted by atomic mass is 9.75. The SMILES string of the molecule is COC(=O)c1ccc2c(c1)CC[C@@H]1NCCC[C@H]21. The predicted octanol–water partition coefficient (Wildman–Crippen LogP) is 2.25. The summed E-state index contributed by atoms with van der Waals surface area (Å²) in [6, 6.07) is 6.69. The number of carbonyl (C=O) groups is 1. The molecule has 96 valence electrons. The fourth-order valence-corrected chi connectivity index (χ4v) is 3.37. The average molecular weight is 245 g/mol. The van der Waals surface area contributed by atoms with Crippen molar-refractivity contribution in [2.24, 2.45) is 0 Å². The first-order chi connectivity index (χ1) is 8.79. The maximum absolute atomic E-state index is 11.5. The van der Waals surface area contributed by atoms with Crippen LogP contribution in [0.25, 0.3) is 0 Å². The number of piperidine rings is 1. The molecule has 1 fully saturated rings. The van der Waals surface area contributed by atoms with Gasteiger partial charge in [0.25, 0.3) is 0 Å². The molecule has 18 heavy (non-hydrogen) atoms. The van der Waals surface area contributed by atoms with E-state index in [0.717, 1.165) is 13.0 Å². The molecule has 1 aliphatic heterocycles. The first-order valence-corrected chi connectivity index (χ1v) is 6.74. The van der Waals surface area contributed by atoms with Crippen LogP contribution in [0, 0.1) is 0 Å². The normalized spacial score (nSPS) is 26.1. The summed E-state index contributed by atoms with van der Waals surface area (Å²) in [6.45, 7) is 1.15. The van der Waals surface area contributed by atoms with Crippen LogP contribution in [-0.2, 0) is 11.2 Å². The van der Waals surface area contributed by atoms with Crippen LogP contribution in [0.5, 0.6) is 0 Å². The molecule has 1 heterocycles. The Labute approximate surface area is 108 Å². The molecule has 0 aromatic heterocycles. The minimum Gasteiger partial charge on any atom is -0.465 e. The molecule has 0 bridgehead atoms. The summed E-state index contributed by atoms with van der Waals surface area (Å²) in [7, 11) is 1.43. The van der Waals surface area contributed by atoms with E-state index in [2.05, 4.69) is 11.4 Å². The summed E-state index contributed by atoms with van der Waals surface area (Å²) in [5.41, 5.74) is 3.45. The van der Waals surface area contributed by atoms with Crippen molar-refractivity contribution in [1.29, 1.82) is 0 Å². The quantitative estimate of drug-likeness (QED) is 0.771. The molecule has 0 saturated carbocycles. The van der Waals surface area contributed by atoms with E-state index in [-0.39, 0.29) is 5.97 Å². The van der Waals surface area contributed by atoms with Gasteiger partial charge in [0.05, 0.1) is 12.7 Å². The second-order valence-corrected chi connectivity index (χ2v) is 5.25. The Bertz CT molecular complexity index is 470. The third-order valence-corrected chi connectivity index (χ3v) is 4.27. The third-order valence-electron chi connectivity index (χ3n) is 4.27. The fraction of sp³-hybridized carbons (Fsp3) is 0.533. The number of benzene rings is 1. The highest BCUT2D eigenvalue weighted by Gasteiger charge is 2.31. The second kappa shape index (κ2) is 4.73. The lowest BCUT2D eigenvalue weighted by molar-refractivity contribution is 0.0600. The van der Waals surface area contributed by atoms with E-state index in [9.17, 15) is 4.79 Å². The van der Waals surface area contributed by atoms with Crippen molar-refractivity contribution in [3.8, 4) is 0 Å². The number of rotatable bonds is 1. The van der Waals surface area contributed by atoms with Crippen LogP contribution in [0.3, 0.4) is 0 Å². The van der Waals surface area contributed by atoms with E-state index in [4.69, 9.17) is 4.74 Å². The molecule has 0 spiro atoms. The lowest BCUT2D eigenvalue weighted by Gasteiger charge is -2.38. The van der Waals surface area contributed by atoms with Gasteiger partial charge in [-0.05, 0) is 61.4 Å². The van der Waals surface area contributed by atoms with Gasteiger partial charge >= 0.3 is 5.97 Å². The molecule has 3 rings (SSSR count). The summed E-state index contributed by atoms with van der Waals surface area (Å²) in [5, 5.41) is 3.62. The number of hydrogen-bond donors (Lipinski definition) is 1. The Morgan fingerprint density at radius 3 is 3.11 bits per heavy atom. The summed E-state index contributed by atoms with van der Waals surface area (Å²) < 4.78 is 4.78. The van der Waals surface area contributed by atoms with Crippen LogP contribution in [0.4, 0.5) is 0 Å². The van der Waals surface area contributed by atoms with Gasteiger partial charge in [-0.2, -0.15) is 0 Å². The Balaban J connectivity index is 1.93. The fourth-order valence-electron chi connectivity index (χ4n) is 3.37. The van der Waals surface area contributed by atoms with Gasteiger partial charge in [0.15, 0.2) is 0 Å². The Morgan fingerprint density at radius 2 is 2.28 bits per heavy atom. The minimum atomic E-state index is -0.235. The first kappa shape index (κ1) is 11.7. The summed E-state index contributed by atoms with van der Waals surface area (Å²) in [5.74, 6) is 0.399. The number of hydrogen-bond acceptors (Lipinski definition) is 3. The van der Waals surface area contributed by atoms with Gasteiger partial charge in [0.2, 0.25) is 0 Å². The molecule has 2 aliphatic rings. The van der Waals surface area contributed by atoms with Crippen molar-refractivity contribution in [3.05, 3.63) is 34.9 Å². The van der Waals surface area contributed by atoms with Gasteiger partial charge < -0.3 is 10.1 Å². The average Bonchev–Trinajstić information content (AvgIpc) is 2.45. The molecule has 1 aliphatic carbocycles. The van der Waals surface area contributed by atoms with Crippen molar-refractivity contribution in [1.82, 2.24) is 5.32 Å². The van der Waals surface area contributed by atoms with Gasteiger partial charge in [-0.25, -0.2) is 4.79 Å². The lowest BCUT2D eigenvalue weighted by Crippen LogP contribution is -2.42. The smallest absolute Gasteiger partial charge is 0.337 e. The molecule has 3 nitrogen and oxygen atoms in total. The van der Waals surface area contributed by atoms with E-state index in [1.54, 1.807) is 0 Å². The maximum atomic E-state index is 11.5. The topological polar surface area (TPSA) is 38.3 Å². The number of aryl methyl sites for hydroxylation is 1. The number of carbonyl (C=O) groups excluding carboxylic acids is 1. The van der Waals surface area contributed by atoms with Gasteiger partial charge in [-0.15, -0.1) is 0 Å². The zero-order chi connectivity index (χ0) is 12.5. The number of esters is 1.